The van der Waals surface area contributed by atoms with E-state index in [1.807, 2.05) is 13.0 Å². The maximum Gasteiger partial charge on any atom is 0.224 e. The Bertz CT molecular complexity index is 649. The summed E-state index contributed by atoms with van der Waals surface area (Å²) in [5.41, 5.74) is 1.61. The molecule has 0 saturated heterocycles. The van der Waals surface area contributed by atoms with Crippen molar-refractivity contribution in [1.82, 2.24) is 5.32 Å². The molecule has 1 aliphatic heterocycles. The van der Waals surface area contributed by atoms with Gasteiger partial charge in [0.1, 0.15) is 11.9 Å². The number of carbonyl (C=O) groups is 1. The van der Waals surface area contributed by atoms with Crippen LogP contribution in [-0.2, 0) is 11.2 Å². The predicted octanol–water partition coefficient (Wildman–Crippen LogP) is 1.92. The largest absolute Gasteiger partial charge is 0.493 e. The fraction of sp³-hybridized carbons (Fsp3) is 0.526. The predicted molar refractivity (Wildman–Crippen MR) is 96.7 cm³/mol. The van der Waals surface area contributed by atoms with Crippen molar-refractivity contribution in [3.05, 3.63) is 17.7 Å². The maximum absolute atomic E-state index is 11.7. The Hall–Kier alpha value is -2.23. The smallest absolute Gasteiger partial charge is 0.224 e. The van der Waals surface area contributed by atoms with Crippen LogP contribution in [0.25, 0.3) is 0 Å². The van der Waals surface area contributed by atoms with Crippen LogP contribution in [0.15, 0.2) is 12.1 Å². The third kappa shape index (κ3) is 5.66. The van der Waals surface area contributed by atoms with Crippen molar-refractivity contribution >= 4 is 11.6 Å². The number of rotatable bonds is 9. The molecule has 0 saturated carbocycles. The standard InChI is InChI=1S/C19H26N2O4/c1-3-10-24-17-7-6-16(15-5-8-18(23)21-19(15)17)25-11-4-9-20-12-14(2)13-22/h6-7,14,20,22H,4-5,8-9,11-13H2,1-2H3,(H,21,23). The molecule has 1 aliphatic rings. The molecule has 1 atom stereocenters. The van der Waals surface area contributed by atoms with E-state index in [0.29, 0.717) is 30.9 Å². The second-order valence-electron chi connectivity index (χ2n) is 6.11. The Balaban J connectivity index is 1.93. The van der Waals surface area contributed by atoms with Crippen LogP contribution in [0.5, 0.6) is 11.5 Å². The van der Waals surface area contributed by atoms with E-state index in [2.05, 4.69) is 22.7 Å². The van der Waals surface area contributed by atoms with Crippen LogP contribution in [-0.4, -0.2) is 37.3 Å². The van der Waals surface area contributed by atoms with E-state index in [0.717, 1.165) is 30.8 Å². The van der Waals surface area contributed by atoms with Gasteiger partial charge in [-0.3, -0.25) is 4.79 Å². The van der Waals surface area contributed by atoms with Crippen LogP contribution in [0.3, 0.4) is 0 Å². The Labute approximate surface area is 148 Å². The molecule has 0 radical (unpaired) electrons. The second-order valence-corrected chi connectivity index (χ2v) is 6.11. The molecule has 136 valence electrons. The number of aliphatic hydroxyl groups is 1. The van der Waals surface area contributed by atoms with E-state index in [4.69, 9.17) is 14.6 Å². The molecule has 0 spiro atoms. The van der Waals surface area contributed by atoms with Gasteiger partial charge in [-0.25, -0.2) is 0 Å². The summed E-state index contributed by atoms with van der Waals surface area (Å²) in [4.78, 5) is 11.7. The number of fused-ring (bicyclic) bond motifs is 1. The molecule has 1 unspecified atom stereocenters. The molecule has 3 N–H and O–H groups in total. The van der Waals surface area contributed by atoms with Gasteiger partial charge in [0.25, 0.3) is 0 Å². The average molecular weight is 346 g/mol. The summed E-state index contributed by atoms with van der Waals surface area (Å²) in [5, 5.41) is 15.1. The molecule has 0 aromatic heterocycles. The third-order valence-electron chi connectivity index (χ3n) is 3.92. The summed E-state index contributed by atoms with van der Waals surface area (Å²) >= 11 is 0. The number of aliphatic hydroxyl groups excluding tert-OH is 1. The van der Waals surface area contributed by atoms with Crippen LogP contribution < -0.4 is 20.1 Å². The van der Waals surface area contributed by atoms with E-state index in [1.165, 1.54) is 0 Å². The molecule has 0 bridgehead atoms. The Morgan fingerprint density at radius 3 is 2.92 bits per heavy atom. The Morgan fingerprint density at radius 1 is 1.36 bits per heavy atom. The average Bonchev–Trinajstić information content (AvgIpc) is 2.62. The Morgan fingerprint density at radius 2 is 2.16 bits per heavy atom. The van der Waals surface area contributed by atoms with Crippen molar-refractivity contribution in [2.75, 3.05) is 31.6 Å². The highest BCUT2D eigenvalue weighted by Gasteiger charge is 2.22. The van der Waals surface area contributed by atoms with Gasteiger partial charge >= 0.3 is 0 Å². The van der Waals surface area contributed by atoms with Crippen LogP contribution >= 0.6 is 0 Å². The molecule has 0 fully saturated rings. The minimum absolute atomic E-state index is 0.0267. The van der Waals surface area contributed by atoms with Crippen molar-refractivity contribution < 1.29 is 19.4 Å². The summed E-state index contributed by atoms with van der Waals surface area (Å²) in [5.74, 6) is 4.23. The highest BCUT2D eigenvalue weighted by molar-refractivity contribution is 5.96. The van der Waals surface area contributed by atoms with Gasteiger partial charge in [0.05, 0.1) is 12.3 Å². The highest BCUT2D eigenvalue weighted by Crippen LogP contribution is 2.38. The van der Waals surface area contributed by atoms with Gasteiger partial charge in [0, 0.05) is 25.5 Å². The zero-order chi connectivity index (χ0) is 18.1. The molecule has 6 heteroatoms. The van der Waals surface area contributed by atoms with Crippen molar-refractivity contribution in [3.63, 3.8) is 0 Å². The van der Waals surface area contributed by atoms with E-state index in [9.17, 15) is 4.79 Å². The highest BCUT2D eigenvalue weighted by atomic mass is 16.5. The molecule has 25 heavy (non-hydrogen) atoms. The van der Waals surface area contributed by atoms with E-state index in [-0.39, 0.29) is 18.4 Å². The minimum atomic E-state index is -0.0267. The summed E-state index contributed by atoms with van der Waals surface area (Å²) in [6.45, 7) is 6.08. The molecule has 6 nitrogen and oxygen atoms in total. The lowest BCUT2D eigenvalue weighted by molar-refractivity contribution is -0.116. The van der Waals surface area contributed by atoms with Crippen molar-refractivity contribution in [2.45, 2.75) is 33.1 Å². The second kappa shape index (κ2) is 9.92. The quantitative estimate of drug-likeness (QED) is 0.470. The molecule has 1 aromatic rings. The lowest BCUT2D eigenvalue weighted by atomic mass is 10.0. The fourth-order valence-electron chi connectivity index (χ4n) is 2.55. The fourth-order valence-corrected chi connectivity index (χ4v) is 2.55. The molecular weight excluding hydrogens is 320 g/mol. The molecule has 0 aliphatic carbocycles. The van der Waals surface area contributed by atoms with E-state index >= 15 is 0 Å². The molecule has 1 heterocycles. The summed E-state index contributed by atoms with van der Waals surface area (Å²) < 4.78 is 11.3. The maximum atomic E-state index is 11.7. The molecule has 1 aromatic carbocycles. The van der Waals surface area contributed by atoms with Crippen LogP contribution in [0.2, 0.25) is 0 Å². The first-order valence-corrected chi connectivity index (χ1v) is 8.64. The number of carbonyl (C=O) groups excluding carboxylic acids is 1. The molecule has 2 rings (SSSR count). The minimum Gasteiger partial charge on any atom is -0.493 e. The number of hydrogen-bond acceptors (Lipinski definition) is 5. The topological polar surface area (TPSA) is 79.8 Å². The van der Waals surface area contributed by atoms with Gasteiger partial charge in [-0.1, -0.05) is 12.8 Å². The number of hydrogen-bond donors (Lipinski definition) is 3. The van der Waals surface area contributed by atoms with Crippen LogP contribution in [0.4, 0.5) is 5.69 Å². The van der Waals surface area contributed by atoms with E-state index < -0.39 is 0 Å². The van der Waals surface area contributed by atoms with Gasteiger partial charge < -0.3 is 25.2 Å². The van der Waals surface area contributed by atoms with Gasteiger partial charge in [0.15, 0.2) is 5.75 Å². The first-order chi connectivity index (χ1) is 12.2. The normalized spacial score (nSPS) is 14.0. The van der Waals surface area contributed by atoms with Crippen LogP contribution in [0, 0.1) is 17.9 Å². The summed E-state index contributed by atoms with van der Waals surface area (Å²) in [7, 11) is 0. The lowest BCUT2D eigenvalue weighted by Gasteiger charge is -2.22. The number of amides is 1. The van der Waals surface area contributed by atoms with Crippen molar-refractivity contribution in [2.24, 2.45) is 5.92 Å². The number of benzene rings is 1. The third-order valence-corrected chi connectivity index (χ3v) is 3.92. The van der Waals surface area contributed by atoms with Gasteiger partial charge in [-0.05, 0) is 44.0 Å². The van der Waals surface area contributed by atoms with Crippen molar-refractivity contribution in [3.8, 4) is 23.5 Å². The molecule has 1 amide bonds. The van der Waals surface area contributed by atoms with Gasteiger partial charge in [-0.2, -0.15) is 0 Å². The number of anilines is 1. The van der Waals surface area contributed by atoms with E-state index in [1.54, 1.807) is 13.0 Å². The number of nitrogens with one attached hydrogen (secondary N) is 2. The van der Waals surface area contributed by atoms with Crippen LogP contribution in [0.1, 0.15) is 32.3 Å². The Kier molecular flexibility index (Phi) is 7.58. The SMILES string of the molecule is CC#COc1ccc(OCCCNCC(C)CO)c2c1NC(=O)CC2. The zero-order valence-corrected chi connectivity index (χ0v) is 14.9. The lowest BCUT2D eigenvalue weighted by Crippen LogP contribution is -2.25. The monoisotopic (exact) mass is 346 g/mol. The molecular formula is C19H26N2O4. The first kappa shape index (κ1) is 19.1. The van der Waals surface area contributed by atoms with Crippen molar-refractivity contribution in [1.29, 1.82) is 0 Å². The number of ether oxygens (including phenoxy) is 2. The zero-order valence-electron chi connectivity index (χ0n) is 14.9. The summed E-state index contributed by atoms with van der Waals surface area (Å²) in [6.07, 6.45) is 4.48. The summed E-state index contributed by atoms with van der Waals surface area (Å²) in [6, 6.07) is 3.63. The van der Waals surface area contributed by atoms with Gasteiger partial charge in [0.2, 0.25) is 5.91 Å². The first-order valence-electron chi connectivity index (χ1n) is 8.64. The van der Waals surface area contributed by atoms with Gasteiger partial charge in [-0.15, -0.1) is 0 Å².